The highest BCUT2D eigenvalue weighted by Gasteiger charge is 2.14. The van der Waals surface area contributed by atoms with Crippen LogP contribution in [0.3, 0.4) is 0 Å². The fourth-order valence-electron chi connectivity index (χ4n) is 1.62. The van der Waals surface area contributed by atoms with Crippen LogP contribution in [0.25, 0.3) is 0 Å². The van der Waals surface area contributed by atoms with Crippen LogP contribution in [0.5, 0.6) is 0 Å². The first-order chi connectivity index (χ1) is 9.74. The topological polar surface area (TPSA) is 57.0 Å². The minimum atomic E-state index is -0.275. The van der Waals surface area contributed by atoms with Crippen LogP contribution in [0.2, 0.25) is 0 Å². The molecule has 0 aliphatic rings. The van der Waals surface area contributed by atoms with Gasteiger partial charge in [-0.3, -0.25) is 4.79 Å². The minimum absolute atomic E-state index is 0.227. The van der Waals surface area contributed by atoms with E-state index >= 15 is 0 Å². The Kier molecular flexibility index (Phi) is 5.37. The molecule has 0 saturated carbocycles. The van der Waals surface area contributed by atoms with Crippen molar-refractivity contribution in [2.45, 2.75) is 18.1 Å². The van der Waals surface area contributed by atoms with E-state index in [4.69, 9.17) is 0 Å². The van der Waals surface area contributed by atoms with E-state index in [0.717, 1.165) is 12.2 Å². The van der Waals surface area contributed by atoms with Crippen LogP contribution in [0, 0.1) is 0 Å². The molecule has 0 fully saturated rings. The van der Waals surface area contributed by atoms with Gasteiger partial charge < -0.3 is 9.30 Å². The number of carbonyl (C=O) groups excluding carboxylic acids is 1. The molecule has 0 atom stereocenters. The average Bonchev–Trinajstić information content (AvgIpc) is 3.08. The van der Waals surface area contributed by atoms with E-state index < -0.39 is 0 Å². The number of nitrogens with zero attached hydrogens (tertiary/aromatic N) is 3. The molecule has 2 rings (SSSR count). The number of aromatic nitrogens is 3. The molecule has 0 amide bonds. The first-order valence-corrected chi connectivity index (χ1v) is 7.86. The number of hydrogen-bond acceptors (Lipinski definition) is 6. The van der Waals surface area contributed by atoms with Gasteiger partial charge in [0.15, 0.2) is 5.16 Å². The number of ether oxygens (including phenoxy) is 1. The molecule has 0 N–H and O–H groups in total. The number of thiophene rings is 1. The van der Waals surface area contributed by atoms with Gasteiger partial charge in [0, 0.05) is 17.8 Å². The highest BCUT2D eigenvalue weighted by molar-refractivity contribution is 7.99. The molecule has 0 spiro atoms. The molecule has 0 aliphatic carbocycles. The molecule has 106 valence electrons. The fraction of sp³-hybridized carbons (Fsp3) is 0.308. The molecule has 2 heterocycles. The lowest BCUT2D eigenvalue weighted by atomic mass is 10.3. The summed E-state index contributed by atoms with van der Waals surface area (Å²) >= 11 is 3.01. The predicted octanol–water partition coefficient (Wildman–Crippen LogP) is 2.38. The van der Waals surface area contributed by atoms with Gasteiger partial charge in [0.25, 0.3) is 0 Å². The van der Waals surface area contributed by atoms with Crippen LogP contribution in [0.15, 0.2) is 35.3 Å². The van der Waals surface area contributed by atoms with Crippen molar-refractivity contribution in [1.82, 2.24) is 14.8 Å². The minimum Gasteiger partial charge on any atom is -0.468 e. The largest absolute Gasteiger partial charge is 0.468 e. The summed E-state index contributed by atoms with van der Waals surface area (Å²) in [5.74, 6) is 0.827. The molecular weight excluding hydrogens is 294 g/mol. The van der Waals surface area contributed by atoms with Gasteiger partial charge in [-0.25, -0.2) is 0 Å². The van der Waals surface area contributed by atoms with Gasteiger partial charge in [-0.05, 0) is 11.4 Å². The molecule has 0 bridgehead atoms. The average molecular weight is 309 g/mol. The zero-order valence-corrected chi connectivity index (χ0v) is 12.7. The summed E-state index contributed by atoms with van der Waals surface area (Å²) in [7, 11) is 1.37. The van der Waals surface area contributed by atoms with Crippen LogP contribution in [0.4, 0.5) is 0 Å². The highest BCUT2D eigenvalue weighted by Crippen LogP contribution is 2.20. The van der Waals surface area contributed by atoms with Crippen molar-refractivity contribution in [1.29, 1.82) is 0 Å². The molecule has 20 heavy (non-hydrogen) atoms. The number of methoxy groups -OCH3 is 1. The van der Waals surface area contributed by atoms with Crippen LogP contribution in [0.1, 0.15) is 10.7 Å². The number of hydrogen-bond donors (Lipinski definition) is 0. The van der Waals surface area contributed by atoms with E-state index in [1.54, 1.807) is 17.4 Å². The fourth-order valence-corrected chi connectivity index (χ4v) is 3.12. The normalized spacial score (nSPS) is 10.4. The maximum atomic E-state index is 11.2. The van der Waals surface area contributed by atoms with Gasteiger partial charge in [-0.2, -0.15) is 0 Å². The van der Waals surface area contributed by atoms with E-state index in [9.17, 15) is 4.79 Å². The van der Waals surface area contributed by atoms with Gasteiger partial charge in [-0.1, -0.05) is 23.9 Å². The Morgan fingerprint density at radius 2 is 2.45 bits per heavy atom. The van der Waals surface area contributed by atoms with Gasteiger partial charge in [0.2, 0.25) is 0 Å². The van der Waals surface area contributed by atoms with Crippen LogP contribution in [-0.4, -0.2) is 33.6 Å². The second kappa shape index (κ2) is 7.25. The van der Waals surface area contributed by atoms with Gasteiger partial charge in [0.1, 0.15) is 5.82 Å². The summed E-state index contributed by atoms with van der Waals surface area (Å²) < 4.78 is 6.60. The lowest BCUT2D eigenvalue weighted by Gasteiger charge is -2.06. The van der Waals surface area contributed by atoms with Crippen molar-refractivity contribution in [3.63, 3.8) is 0 Å². The van der Waals surface area contributed by atoms with Crippen LogP contribution >= 0.6 is 23.1 Å². The lowest BCUT2D eigenvalue weighted by Crippen LogP contribution is -2.07. The van der Waals surface area contributed by atoms with Crippen molar-refractivity contribution < 1.29 is 9.53 Å². The molecular formula is C13H15N3O2S2. The zero-order chi connectivity index (χ0) is 14.4. The molecule has 0 radical (unpaired) electrons. The summed E-state index contributed by atoms with van der Waals surface area (Å²) in [6.45, 7) is 4.37. The van der Waals surface area contributed by atoms with Crippen molar-refractivity contribution >= 4 is 29.1 Å². The van der Waals surface area contributed by atoms with E-state index in [1.165, 1.54) is 23.7 Å². The Morgan fingerprint density at radius 3 is 3.10 bits per heavy atom. The van der Waals surface area contributed by atoms with Crippen molar-refractivity contribution in [2.24, 2.45) is 0 Å². The molecule has 0 unspecified atom stereocenters. The molecule has 0 aromatic carbocycles. The third-order valence-electron chi connectivity index (χ3n) is 2.56. The molecule has 2 aromatic rings. The van der Waals surface area contributed by atoms with Crippen LogP contribution < -0.4 is 0 Å². The summed E-state index contributed by atoms with van der Waals surface area (Å²) in [5, 5.41) is 11.1. The van der Waals surface area contributed by atoms with E-state index in [-0.39, 0.29) is 11.7 Å². The Hall–Kier alpha value is -1.60. The Bertz CT molecular complexity index is 578. The predicted molar refractivity (Wildman–Crippen MR) is 80.1 cm³/mol. The lowest BCUT2D eigenvalue weighted by molar-refractivity contribution is -0.137. The third kappa shape index (κ3) is 3.71. The summed E-state index contributed by atoms with van der Waals surface area (Å²) in [6.07, 6.45) is 2.53. The number of rotatable bonds is 7. The maximum Gasteiger partial charge on any atom is 0.316 e. The number of allylic oxidation sites excluding steroid dienone is 1. The quantitative estimate of drug-likeness (QED) is 0.446. The first-order valence-electron chi connectivity index (χ1n) is 5.99. The Morgan fingerprint density at radius 1 is 1.60 bits per heavy atom. The number of thioether (sulfide) groups is 1. The Balaban J connectivity index is 2.14. The zero-order valence-electron chi connectivity index (χ0n) is 11.1. The number of carbonyl (C=O) groups is 1. The first kappa shape index (κ1) is 14.8. The summed E-state index contributed by atoms with van der Waals surface area (Å²) in [4.78, 5) is 12.4. The molecule has 0 aliphatic heterocycles. The summed E-state index contributed by atoms with van der Waals surface area (Å²) in [5.41, 5.74) is 0. The third-order valence-corrected chi connectivity index (χ3v) is 4.38. The SMILES string of the molecule is C=CCn1c(Cc2cccs2)nnc1SCC(=O)OC. The van der Waals surface area contributed by atoms with Gasteiger partial charge in [0.05, 0.1) is 12.9 Å². The van der Waals surface area contributed by atoms with E-state index in [1.807, 2.05) is 16.0 Å². The monoisotopic (exact) mass is 309 g/mol. The van der Waals surface area contributed by atoms with Gasteiger partial charge >= 0.3 is 5.97 Å². The van der Waals surface area contributed by atoms with E-state index in [0.29, 0.717) is 11.7 Å². The van der Waals surface area contributed by atoms with Crippen LogP contribution in [-0.2, 0) is 22.5 Å². The van der Waals surface area contributed by atoms with Crippen molar-refractivity contribution in [3.8, 4) is 0 Å². The van der Waals surface area contributed by atoms with Crippen molar-refractivity contribution in [3.05, 3.63) is 40.9 Å². The standard InChI is InChI=1S/C13H15N3O2S2/c1-3-6-16-11(8-10-5-4-7-19-10)14-15-13(16)20-9-12(17)18-2/h3-5,7H,1,6,8-9H2,2H3. The number of esters is 1. The Labute approximate surface area is 125 Å². The molecule has 5 nitrogen and oxygen atoms in total. The molecule has 0 saturated heterocycles. The highest BCUT2D eigenvalue weighted by atomic mass is 32.2. The van der Waals surface area contributed by atoms with E-state index in [2.05, 4.69) is 27.6 Å². The second-order valence-corrected chi connectivity index (χ2v) is 5.89. The maximum absolute atomic E-state index is 11.2. The molecule has 2 aromatic heterocycles. The summed E-state index contributed by atoms with van der Waals surface area (Å²) in [6, 6.07) is 4.08. The van der Waals surface area contributed by atoms with Gasteiger partial charge in [-0.15, -0.1) is 28.1 Å². The second-order valence-electron chi connectivity index (χ2n) is 3.92. The smallest absolute Gasteiger partial charge is 0.316 e. The van der Waals surface area contributed by atoms with Crippen molar-refractivity contribution in [2.75, 3.05) is 12.9 Å². The molecule has 7 heteroatoms.